The van der Waals surface area contributed by atoms with Gasteiger partial charge in [-0.05, 0) is 24.0 Å². The van der Waals surface area contributed by atoms with Crippen molar-refractivity contribution in [3.63, 3.8) is 0 Å². The molecule has 0 aliphatic heterocycles. The third-order valence-corrected chi connectivity index (χ3v) is 4.66. The standard InChI is InChI=1S/C12H16Br2/c1-2-3-4-10-5-7-11(8-6-10)12(14)9-13/h5-8,12H,2-4,9H2,1H3. The molecule has 0 saturated heterocycles. The smallest absolute Gasteiger partial charge is 0.0492 e. The summed E-state index contributed by atoms with van der Waals surface area (Å²) >= 11 is 7.08. The Morgan fingerprint density at radius 3 is 2.36 bits per heavy atom. The molecule has 1 atom stereocenters. The maximum absolute atomic E-state index is 3.62. The topological polar surface area (TPSA) is 0 Å². The molecule has 0 amide bonds. The molecule has 2 heteroatoms. The van der Waals surface area contributed by atoms with Crippen LogP contribution in [0.15, 0.2) is 24.3 Å². The van der Waals surface area contributed by atoms with Crippen molar-refractivity contribution in [3.05, 3.63) is 35.4 Å². The second-order valence-corrected chi connectivity index (χ2v) is 5.22. The molecular weight excluding hydrogens is 304 g/mol. The van der Waals surface area contributed by atoms with Crippen LogP contribution in [-0.4, -0.2) is 5.33 Å². The molecule has 0 aliphatic rings. The first-order chi connectivity index (χ1) is 6.77. The predicted molar refractivity (Wildman–Crippen MR) is 70.5 cm³/mol. The van der Waals surface area contributed by atoms with Gasteiger partial charge >= 0.3 is 0 Å². The summed E-state index contributed by atoms with van der Waals surface area (Å²) in [5.41, 5.74) is 2.80. The highest BCUT2D eigenvalue weighted by Gasteiger charge is 2.04. The van der Waals surface area contributed by atoms with E-state index >= 15 is 0 Å². The van der Waals surface area contributed by atoms with Gasteiger partial charge in [0, 0.05) is 10.2 Å². The van der Waals surface area contributed by atoms with Gasteiger partial charge in [0.1, 0.15) is 0 Å². The van der Waals surface area contributed by atoms with Crippen molar-refractivity contribution in [1.29, 1.82) is 0 Å². The SMILES string of the molecule is CCCCc1ccc(C(Br)CBr)cc1. The largest absolute Gasteiger partial charge is 0.0912 e. The zero-order chi connectivity index (χ0) is 10.4. The van der Waals surface area contributed by atoms with Crippen molar-refractivity contribution in [1.82, 2.24) is 0 Å². The number of unbranched alkanes of at least 4 members (excludes halogenated alkanes) is 1. The fraction of sp³-hybridized carbons (Fsp3) is 0.500. The van der Waals surface area contributed by atoms with Crippen LogP contribution in [-0.2, 0) is 6.42 Å². The number of aryl methyl sites for hydroxylation is 1. The van der Waals surface area contributed by atoms with Crippen LogP contribution in [0.2, 0.25) is 0 Å². The van der Waals surface area contributed by atoms with Crippen molar-refractivity contribution in [2.45, 2.75) is 31.0 Å². The van der Waals surface area contributed by atoms with Gasteiger partial charge in [-0.3, -0.25) is 0 Å². The Morgan fingerprint density at radius 2 is 1.86 bits per heavy atom. The highest BCUT2D eigenvalue weighted by Crippen LogP contribution is 2.24. The maximum Gasteiger partial charge on any atom is 0.0492 e. The second kappa shape index (κ2) is 6.62. The minimum Gasteiger partial charge on any atom is -0.0912 e. The normalized spacial score (nSPS) is 12.8. The van der Waals surface area contributed by atoms with Gasteiger partial charge < -0.3 is 0 Å². The molecule has 0 radical (unpaired) electrons. The Labute approximate surface area is 103 Å². The van der Waals surface area contributed by atoms with Crippen molar-refractivity contribution in [3.8, 4) is 0 Å². The van der Waals surface area contributed by atoms with Crippen LogP contribution in [0.1, 0.15) is 35.7 Å². The monoisotopic (exact) mass is 318 g/mol. The van der Waals surface area contributed by atoms with Crippen LogP contribution in [0.3, 0.4) is 0 Å². The van der Waals surface area contributed by atoms with E-state index in [9.17, 15) is 0 Å². The summed E-state index contributed by atoms with van der Waals surface area (Å²) in [6.07, 6.45) is 3.76. The average molecular weight is 320 g/mol. The molecule has 1 aromatic rings. The lowest BCUT2D eigenvalue weighted by Gasteiger charge is -2.07. The molecule has 0 spiro atoms. The van der Waals surface area contributed by atoms with E-state index < -0.39 is 0 Å². The number of hydrogen-bond acceptors (Lipinski definition) is 0. The van der Waals surface area contributed by atoms with E-state index in [0.717, 1.165) is 5.33 Å². The molecule has 0 saturated carbocycles. The summed E-state index contributed by atoms with van der Waals surface area (Å²) in [5, 5.41) is 0.960. The molecule has 0 aromatic heterocycles. The Morgan fingerprint density at radius 1 is 1.21 bits per heavy atom. The van der Waals surface area contributed by atoms with Crippen LogP contribution in [0.4, 0.5) is 0 Å². The first kappa shape index (κ1) is 12.3. The minimum absolute atomic E-state index is 0.433. The zero-order valence-corrected chi connectivity index (χ0v) is 11.6. The first-order valence-electron chi connectivity index (χ1n) is 5.06. The van der Waals surface area contributed by atoms with Crippen LogP contribution in [0.25, 0.3) is 0 Å². The van der Waals surface area contributed by atoms with Gasteiger partial charge in [0.05, 0.1) is 0 Å². The van der Waals surface area contributed by atoms with Crippen molar-refractivity contribution in [2.75, 3.05) is 5.33 Å². The van der Waals surface area contributed by atoms with E-state index in [1.165, 1.54) is 30.4 Å². The van der Waals surface area contributed by atoms with Crippen LogP contribution in [0, 0.1) is 0 Å². The fourth-order valence-corrected chi connectivity index (χ4v) is 2.04. The van der Waals surface area contributed by atoms with Gasteiger partial charge in [0.25, 0.3) is 0 Å². The minimum atomic E-state index is 0.433. The molecule has 1 aromatic carbocycles. The van der Waals surface area contributed by atoms with Crippen molar-refractivity contribution >= 4 is 31.9 Å². The van der Waals surface area contributed by atoms with Gasteiger partial charge in [0.2, 0.25) is 0 Å². The maximum atomic E-state index is 3.62. The fourth-order valence-electron chi connectivity index (χ4n) is 1.36. The van der Waals surface area contributed by atoms with E-state index in [-0.39, 0.29) is 0 Å². The Hall–Kier alpha value is 0.180. The second-order valence-electron chi connectivity index (χ2n) is 3.47. The molecule has 1 rings (SSSR count). The molecule has 0 bridgehead atoms. The number of alkyl halides is 2. The van der Waals surface area contributed by atoms with E-state index in [4.69, 9.17) is 0 Å². The molecule has 0 aliphatic carbocycles. The molecule has 0 N–H and O–H groups in total. The number of benzene rings is 1. The summed E-state index contributed by atoms with van der Waals surface area (Å²) in [5.74, 6) is 0. The molecule has 0 nitrogen and oxygen atoms in total. The Kier molecular flexibility index (Phi) is 5.80. The highest BCUT2D eigenvalue weighted by atomic mass is 79.9. The summed E-state index contributed by atoms with van der Waals surface area (Å²) in [4.78, 5) is 0.433. The Bertz CT molecular complexity index is 254. The van der Waals surface area contributed by atoms with E-state index in [0.29, 0.717) is 4.83 Å². The lowest BCUT2D eigenvalue weighted by atomic mass is 10.1. The summed E-state index contributed by atoms with van der Waals surface area (Å²) in [6.45, 7) is 2.23. The summed E-state index contributed by atoms with van der Waals surface area (Å²) < 4.78 is 0. The third kappa shape index (κ3) is 3.74. The lowest BCUT2D eigenvalue weighted by Crippen LogP contribution is -1.91. The number of halogens is 2. The molecule has 14 heavy (non-hydrogen) atoms. The Balaban J connectivity index is 2.59. The van der Waals surface area contributed by atoms with E-state index in [1.54, 1.807) is 0 Å². The van der Waals surface area contributed by atoms with Crippen LogP contribution < -0.4 is 0 Å². The quantitative estimate of drug-likeness (QED) is 0.680. The molecule has 0 fully saturated rings. The van der Waals surface area contributed by atoms with E-state index in [2.05, 4.69) is 63.0 Å². The predicted octanol–water partition coefficient (Wildman–Crippen LogP) is 4.86. The summed E-state index contributed by atoms with van der Waals surface area (Å²) in [7, 11) is 0. The van der Waals surface area contributed by atoms with Crippen LogP contribution in [0.5, 0.6) is 0 Å². The van der Waals surface area contributed by atoms with Crippen molar-refractivity contribution in [2.24, 2.45) is 0 Å². The number of hydrogen-bond donors (Lipinski definition) is 0. The van der Waals surface area contributed by atoms with Crippen molar-refractivity contribution < 1.29 is 0 Å². The van der Waals surface area contributed by atoms with Gasteiger partial charge in [-0.2, -0.15) is 0 Å². The van der Waals surface area contributed by atoms with E-state index in [1.807, 2.05) is 0 Å². The first-order valence-corrected chi connectivity index (χ1v) is 7.10. The number of rotatable bonds is 5. The molecule has 0 heterocycles. The van der Waals surface area contributed by atoms with Gasteiger partial charge in [0.15, 0.2) is 0 Å². The molecule has 1 unspecified atom stereocenters. The van der Waals surface area contributed by atoms with Gasteiger partial charge in [-0.15, -0.1) is 0 Å². The average Bonchev–Trinajstić information content (AvgIpc) is 2.26. The summed E-state index contributed by atoms with van der Waals surface area (Å²) in [6, 6.07) is 8.90. The molecular formula is C12H16Br2. The van der Waals surface area contributed by atoms with Gasteiger partial charge in [-0.25, -0.2) is 0 Å². The lowest BCUT2D eigenvalue weighted by molar-refractivity contribution is 0.794. The third-order valence-electron chi connectivity index (χ3n) is 2.30. The van der Waals surface area contributed by atoms with Crippen LogP contribution >= 0.6 is 31.9 Å². The van der Waals surface area contributed by atoms with Gasteiger partial charge in [-0.1, -0.05) is 69.5 Å². The molecule has 78 valence electrons. The zero-order valence-electron chi connectivity index (χ0n) is 8.47. The highest BCUT2D eigenvalue weighted by molar-refractivity contribution is 9.12.